The molecule has 1 heterocycles. The largest absolute Gasteiger partial charge is 0.192 e. The van der Waals surface area contributed by atoms with E-state index in [1.807, 2.05) is 12.1 Å². The molecule has 0 fully saturated rings. The van der Waals surface area contributed by atoms with Crippen molar-refractivity contribution in [3.8, 4) is 12.1 Å². The predicted octanol–water partition coefficient (Wildman–Crippen LogP) is 1.49. The topological polar surface area (TPSA) is 47.6 Å². The van der Waals surface area contributed by atoms with E-state index in [1.54, 1.807) is 11.4 Å². The molecule has 0 aromatic carbocycles. The molecule has 0 unspecified atom stereocenters. The number of hydrogen-bond acceptors (Lipinski definition) is 3. The van der Waals surface area contributed by atoms with Gasteiger partial charge < -0.3 is 0 Å². The summed E-state index contributed by atoms with van der Waals surface area (Å²) in [5.41, 5.74) is 0.475. The minimum Gasteiger partial charge on any atom is -0.192 e. The molecule has 3 heteroatoms. The standard InChI is InChI=1S/C6H2N2S/c7-3-5-1-2-9-6(5)4-8/h1-2H. The van der Waals surface area contributed by atoms with E-state index >= 15 is 0 Å². The van der Waals surface area contributed by atoms with Gasteiger partial charge in [-0.2, -0.15) is 10.5 Å². The smallest absolute Gasteiger partial charge is 0.122 e. The van der Waals surface area contributed by atoms with Crippen LogP contribution in [0.15, 0.2) is 11.4 Å². The first-order chi connectivity index (χ1) is 4.38. The van der Waals surface area contributed by atoms with Gasteiger partial charge in [0.1, 0.15) is 17.0 Å². The average Bonchev–Trinajstić information content (AvgIpc) is 2.33. The fourth-order valence-electron chi connectivity index (χ4n) is 0.484. The van der Waals surface area contributed by atoms with E-state index in [-0.39, 0.29) is 0 Å². The van der Waals surface area contributed by atoms with E-state index < -0.39 is 0 Å². The van der Waals surface area contributed by atoms with Crippen molar-refractivity contribution in [2.45, 2.75) is 0 Å². The summed E-state index contributed by atoms with van der Waals surface area (Å²) in [5, 5.41) is 18.4. The van der Waals surface area contributed by atoms with Gasteiger partial charge in [0.15, 0.2) is 0 Å². The van der Waals surface area contributed by atoms with Crippen LogP contribution in [0.3, 0.4) is 0 Å². The Hall–Kier alpha value is -1.32. The Bertz CT molecular complexity index is 258. The van der Waals surface area contributed by atoms with Crippen molar-refractivity contribution in [1.29, 1.82) is 10.5 Å². The quantitative estimate of drug-likeness (QED) is 0.539. The van der Waals surface area contributed by atoms with Crippen LogP contribution in [0.25, 0.3) is 0 Å². The Labute approximate surface area is 56.6 Å². The van der Waals surface area contributed by atoms with Crippen LogP contribution in [0.4, 0.5) is 0 Å². The van der Waals surface area contributed by atoms with Gasteiger partial charge in [0.05, 0.1) is 5.56 Å². The van der Waals surface area contributed by atoms with Crippen LogP contribution in [0.5, 0.6) is 0 Å². The van der Waals surface area contributed by atoms with Crippen molar-refractivity contribution in [3.05, 3.63) is 21.9 Å². The Balaban J connectivity index is 3.22. The van der Waals surface area contributed by atoms with Crippen LogP contribution in [0.2, 0.25) is 0 Å². The summed E-state index contributed by atoms with van der Waals surface area (Å²) in [6, 6.07) is 5.48. The van der Waals surface area contributed by atoms with Crippen molar-refractivity contribution in [1.82, 2.24) is 0 Å². The van der Waals surface area contributed by atoms with Crippen LogP contribution in [0, 0.1) is 22.7 Å². The molecule has 1 rings (SSSR count). The molecular formula is C6H2N2S. The Morgan fingerprint density at radius 2 is 2.11 bits per heavy atom. The molecule has 2 nitrogen and oxygen atoms in total. The van der Waals surface area contributed by atoms with Crippen molar-refractivity contribution in [2.75, 3.05) is 0 Å². The molecule has 0 aliphatic rings. The molecular weight excluding hydrogens is 132 g/mol. The zero-order chi connectivity index (χ0) is 6.69. The van der Waals surface area contributed by atoms with Gasteiger partial charge in [-0.25, -0.2) is 0 Å². The lowest BCUT2D eigenvalue weighted by Gasteiger charge is -1.73. The van der Waals surface area contributed by atoms with Gasteiger partial charge in [0.25, 0.3) is 0 Å². The molecule has 0 atom stereocenters. The number of hydrogen-bond donors (Lipinski definition) is 0. The van der Waals surface area contributed by atoms with E-state index in [0.29, 0.717) is 10.4 Å². The van der Waals surface area contributed by atoms with Gasteiger partial charge in [0, 0.05) is 0 Å². The number of nitrogens with zero attached hydrogens (tertiary/aromatic N) is 2. The summed E-state index contributed by atoms with van der Waals surface area (Å²) in [6.07, 6.45) is 0. The Morgan fingerprint density at radius 1 is 1.33 bits per heavy atom. The minimum atomic E-state index is 0.475. The van der Waals surface area contributed by atoms with Crippen molar-refractivity contribution in [3.63, 3.8) is 0 Å². The first kappa shape index (κ1) is 5.81. The van der Waals surface area contributed by atoms with E-state index in [4.69, 9.17) is 10.5 Å². The molecule has 9 heavy (non-hydrogen) atoms. The highest BCUT2D eigenvalue weighted by Crippen LogP contribution is 2.12. The van der Waals surface area contributed by atoms with E-state index in [0.717, 1.165) is 0 Å². The third-order valence-electron chi connectivity index (χ3n) is 0.887. The highest BCUT2D eigenvalue weighted by atomic mass is 32.1. The summed E-state index contributed by atoms with van der Waals surface area (Å²) >= 11 is 1.29. The van der Waals surface area contributed by atoms with Gasteiger partial charge in [-0.1, -0.05) is 0 Å². The monoisotopic (exact) mass is 134 g/mol. The van der Waals surface area contributed by atoms with Crippen LogP contribution in [-0.2, 0) is 0 Å². The number of nitriles is 2. The molecule has 0 bridgehead atoms. The van der Waals surface area contributed by atoms with Crippen molar-refractivity contribution < 1.29 is 0 Å². The molecule has 0 amide bonds. The summed E-state index contributed by atoms with van der Waals surface area (Å²) in [7, 11) is 0. The zero-order valence-corrected chi connectivity index (χ0v) is 5.27. The lowest BCUT2D eigenvalue weighted by atomic mass is 10.3. The fourth-order valence-corrected chi connectivity index (χ4v) is 1.12. The van der Waals surface area contributed by atoms with Gasteiger partial charge in [-0.15, -0.1) is 11.3 Å². The Morgan fingerprint density at radius 3 is 2.56 bits per heavy atom. The molecule has 0 aliphatic heterocycles. The second-order valence-electron chi connectivity index (χ2n) is 1.39. The third-order valence-corrected chi connectivity index (χ3v) is 1.71. The second-order valence-corrected chi connectivity index (χ2v) is 2.30. The summed E-state index contributed by atoms with van der Waals surface area (Å²) < 4.78 is 0. The highest BCUT2D eigenvalue weighted by molar-refractivity contribution is 7.10. The van der Waals surface area contributed by atoms with Crippen LogP contribution < -0.4 is 0 Å². The minimum absolute atomic E-state index is 0.475. The van der Waals surface area contributed by atoms with Crippen molar-refractivity contribution in [2.24, 2.45) is 0 Å². The molecule has 0 radical (unpaired) electrons. The zero-order valence-electron chi connectivity index (χ0n) is 4.46. The van der Waals surface area contributed by atoms with Gasteiger partial charge in [0.2, 0.25) is 0 Å². The molecule has 0 saturated carbocycles. The van der Waals surface area contributed by atoms with Crippen molar-refractivity contribution >= 4 is 11.3 Å². The first-order valence-electron chi connectivity index (χ1n) is 2.26. The van der Waals surface area contributed by atoms with Gasteiger partial charge in [-0.3, -0.25) is 0 Å². The molecule has 1 aromatic rings. The third kappa shape index (κ3) is 0.910. The van der Waals surface area contributed by atoms with E-state index in [1.165, 1.54) is 11.3 Å². The summed E-state index contributed by atoms with van der Waals surface area (Å²) in [6.45, 7) is 0. The molecule has 0 N–H and O–H groups in total. The second kappa shape index (κ2) is 2.30. The molecule has 42 valence electrons. The predicted molar refractivity (Wildman–Crippen MR) is 33.7 cm³/mol. The lowest BCUT2D eigenvalue weighted by Crippen LogP contribution is -1.68. The van der Waals surface area contributed by atoms with E-state index in [2.05, 4.69) is 0 Å². The summed E-state index contributed by atoms with van der Waals surface area (Å²) in [5.74, 6) is 0. The van der Waals surface area contributed by atoms with Gasteiger partial charge >= 0.3 is 0 Å². The average molecular weight is 134 g/mol. The maximum Gasteiger partial charge on any atom is 0.122 e. The number of thiophene rings is 1. The van der Waals surface area contributed by atoms with Crippen LogP contribution >= 0.6 is 11.3 Å². The lowest BCUT2D eigenvalue weighted by molar-refractivity contribution is 1.48. The highest BCUT2D eigenvalue weighted by Gasteiger charge is 1.98. The van der Waals surface area contributed by atoms with E-state index in [9.17, 15) is 0 Å². The fraction of sp³-hybridized carbons (Fsp3) is 0. The maximum atomic E-state index is 8.35. The Kier molecular flexibility index (Phi) is 1.48. The molecule has 1 aromatic heterocycles. The van der Waals surface area contributed by atoms with Gasteiger partial charge in [-0.05, 0) is 11.4 Å². The molecule has 0 saturated heterocycles. The maximum absolute atomic E-state index is 8.35. The normalized spacial score (nSPS) is 7.78. The molecule has 0 spiro atoms. The van der Waals surface area contributed by atoms with Crippen LogP contribution in [0.1, 0.15) is 10.4 Å². The SMILES string of the molecule is N#Cc1ccsc1C#N. The molecule has 0 aliphatic carbocycles. The first-order valence-corrected chi connectivity index (χ1v) is 3.14. The number of rotatable bonds is 0. The summed E-state index contributed by atoms with van der Waals surface area (Å²) in [4.78, 5) is 0.498. The van der Waals surface area contributed by atoms with Crippen LogP contribution in [-0.4, -0.2) is 0 Å².